The molecule has 2 fully saturated rings. The van der Waals surface area contributed by atoms with Crippen molar-refractivity contribution in [1.82, 2.24) is 14.1 Å². The van der Waals surface area contributed by atoms with Gasteiger partial charge in [-0.2, -0.15) is 14.1 Å². The molecule has 2 heterocycles. The van der Waals surface area contributed by atoms with E-state index in [0.29, 0.717) is 42.3 Å². The molecular weight excluding hydrogens is 482 g/mol. The highest BCUT2D eigenvalue weighted by atomic mass is 35.5. The zero-order valence-electron chi connectivity index (χ0n) is 17.2. The van der Waals surface area contributed by atoms with Crippen LogP contribution < -0.4 is 15.2 Å². The first-order chi connectivity index (χ1) is 15.3. The molecule has 0 unspecified atom stereocenters. The summed E-state index contributed by atoms with van der Waals surface area (Å²) < 4.78 is 45.9. The molecule has 0 atom stereocenters. The molecule has 1 aromatic heterocycles. The number of ether oxygens (including phenoxy) is 1. The number of hydrogen-bond acceptors (Lipinski definition) is 6. The number of benzene rings is 1. The Hall–Kier alpha value is -1.88. The van der Waals surface area contributed by atoms with Crippen LogP contribution >= 0.6 is 23.2 Å². The molecule has 1 aliphatic carbocycles. The SMILES string of the molecule is O=c1c(OCC2(CF)CC2)c(N2CCN(S(=O)(=O)CCl)CC2)cnn1-c1cccc(Cl)c1. The summed E-state index contributed by atoms with van der Waals surface area (Å²) >= 11 is 11.6. The smallest absolute Gasteiger partial charge is 0.316 e. The normalized spacial score (nSPS) is 18.5. The minimum absolute atomic E-state index is 0.0633. The molecule has 4 rings (SSSR count). The molecule has 0 N–H and O–H groups in total. The van der Waals surface area contributed by atoms with Gasteiger partial charge in [-0.1, -0.05) is 17.7 Å². The van der Waals surface area contributed by atoms with Gasteiger partial charge in [0.15, 0.2) is 0 Å². The molecule has 32 heavy (non-hydrogen) atoms. The number of halogens is 3. The van der Waals surface area contributed by atoms with Crippen molar-refractivity contribution in [2.24, 2.45) is 5.41 Å². The van der Waals surface area contributed by atoms with Gasteiger partial charge in [0.2, 0.25) is 15.8 Å². The van der Waals surface area contributed by atoms with Crippen LogP contribution in [-0.2, 0) is 10.0 Å². The fraction of sp³-hybridized carbons (Fsp3) is 0.500. The predicted octanol–water partition coefficient (Wildman–Crippen LogP) is 2.66. The third-order valence-electron chi connectivity index (χ3n) is 5.84. The summed E-state index contributed by atoms with van der Waals surface area (Å²) in [4.78, 5) is 15.2. The Morgan fingerprint density at radius 1 is 1.19 bits per heavy atom. The standard InChI is InChI=1S/C20H23Cl2FN4O4S/c21-14-32(29,30)26-8-6-25(7-9-26)17-11-24-27(16-3-1-2-15(22)10-16)19(28)18(17)31-13-20(12-23)4-5-20/h1-3,10-11H,4-9,12-14H2. The van der Waals surface area contributed by atoms with Gasteiger partial charge in [-0.05, 0) is 31.0 Å². The highest BCUT2D eigenvalue weighted by Crippen LogP contribution is 2.46. The number of rotatable bonds is 8. The van der Waals surface area contributed by atoms with Gasteiger partial charge in [0.05, 0.1) is 25.2 Å². The molecule has 1 saturated heterocycles. The van der Waals surface area contributed by atoms with Gasteiger partial charge >= 0.3 is 5.56 Å². The van der Waals surface area contributed by atoms with Gasteiger partial charge in [0.25, 0.3) is 0 Å². The van der Waals surface area contributed by atoms with E-state index in [0.717, 1.165) is 0 Å². The van der Waals surface area contributed by atoms with Crippen LogP contribution in [0.2, 0.25) is 5.02 Å². The molecule has 12 heteroatoms. The minimum Gasteiger partial charge on any atom is -0.486 e. The summed E-state index contributed by atoms with van der Waals surface area (Å²) in [6.07, 6.45) is 2.93. The average molecular weight is 505 g/mol. The predicted molar refractivity (Wildman–Crippen MR) is 121 cm³/mol. The number of nitrogens with zero attached hydrogens (tertiary/aromatic N) is 4. The zero-order valence-corrected chi connectivity index (χ0v) is 19.5. The third kappa shape index (κ3) is 4.73. The highest BCUT2D eigenvalue weighted by molar-refractivity contribution is 7.90. The van der Waals surface area contributed by atoms with E-state index in [1.165, 1.54) is 15.2 Å². The van der Waals surface area contributed by atoms with Gasteiger partial charge < -0.3 is 9.64 Å². The van der Waals surface area contributed by atoms with Crippen LogP contribution in [0, 0.1) is 5.41 Å². The van der Waals surface area contributed by atoms with Gasteiger partial charge in [0.1, 0.15) is 10.9 Å². The molecule has 0 spiro atoms. The van der Waals surface area contributed by atoms with Gasteiger partial charge in [0, 0.05) is 36.6 Å². The number of hydrogen-bond donors (Lipinski definition) is 0. The van der Waals surface area contributed by atoms with Crippen molar-refractivity contribution in [3.8, 4) is 11.4 Å². The van der Waals surface area contributed by atoms with Crippen molar-refractivity contribution in [2.45, 2.75) is 12.8 Å². The lowest BCUT2D eigenvalue weighted by Gasteiger charge is -2.35. The second-order valence-corrected chi connectivity index (χ2v) is 11.1. The van der Waals surface area contributed by atoms with Crippen LogP contribution in [0.25, 0.3) is 5.69 Å². The number of anilines is 1. The molecule has 8 nitrogen and oxygen atoms in total. The number of aromatic nitrogens is 2. The average Bonchev–Trinajstić information content (AvgIpc) is 3.58. The van der Waals surface area contributed by atoms with Crippen molar-refractivity contribution in [3.05, 3.63) is 45.8 Å². The van der Waals surface area contributed by atoms with Crippen LogP contribution in [0.5, 0.6) is 5.75 Å². The summed E-state index contributed by atoms with van der Waals surface area (Å²) in [6.45, 7) is 0.698. The van der Waals surface area contributed by atoms with Crippen molar-refractivity contribution >= 4 is 38.9 Å². The Morgan fingerprint density at radius 3 is 2.50 bits per heavy atom. The van der Waals surface area contributed by atoms with Crippen molar-refractivity contribution < 1.29 is 17.5 Å². The van der Waals surface area contributed by atoms with E-state index >= 15 is 0 Å². The Kier molecular flexibility index (Phi) is 6.67. The molecule has 0 amide bonds. The maximum Gasteiger partial charge on any atom is 0.316 e. The van der Waals surface area contributed by atoms with E-state index in [4.69, 9.17) is 27.9 Å². The van der Waals surface area contributed by atoms with Gasteiger partial charge in [-0.25, -0.2) is 8.42 Å². The summed E-state index contributed by atoms with van der Waals surface area (Å²) in [6, 6.07) is 6.70. The lowest BCUT2D eigenvalue weighted by molar-refractivity contribution is 0.197. The van der Waals surface area contributed by atoms with E-state index in [1.54, 1.807) is 24.3 Å². The third-order valence-corrected chi connectivity index (χ3v) is 8.33. The molecule has 2 aliphatic rings. The van der Waals surface area contributed by atoms with Gasteiger partial charge in [-0.3, -0.25) is 9.18 Å². The summed E-state index contributed by atoms with van der Waals surface area (Å²) in [5, 5.41) is 4.26. The Balaban J connectivity index is 1.65. The number of piperazine rings is 1. The van der Waals surface area contributed by atoms with E-state index in [9.17, 15) is 17.6 Å². The monoisotopic (exact) mass is 504 g/mol. The van der Waals surface area contributed by atoms with Crippen molar-refractivity contribution in [1.29, 1.82) is 0 Å². The fourth-order valence-corrected chi connectivity index (χ4v) is 5.03. The van der Waals surface area contributed by atoms with Crippen LogP contribution in [0.1, 0.15) is 12.8 Å². The summed E-state index contributed by atoms with van der Waals surface area (Å²) in [7, 11) is -3.51. The van der Waals surface area contributed by atoms with Crippen molar-refractivity contribution in [3.63, 3.8) is 0 Å². The Bertz CT molecular complexity index is 1150. The first kappa shape index (κ1) is 23.3. The molecular formula is C20H23Cl2FN4O4S. The largest absolute Gasteiger partial charge is 0.486 e. The van der Waals surface area contributed by atoms with Crippen LogP contribution in [0.15, 0.2) is 35.3 Å². The molecule has 0 bridgehead atoms. The minimum atomic E-state index is -3.51. The molecule has 1 aliphatic heterocycles. The van der Waals surface area contributed by atoms with E-state index in [2.05, 4.69) is 5.10 Å². The first-order valence-electron chi connectivity index (χ1n) is 10.1. The number of sulfonamides is 1. The van der Waals surface area contributed by atoms with Gasteiger partial charge in [-0.15, -0.1) is 11.6 Å². The molecule has 0 radical (unpaired) electrons. The first-order valence-corrected chi connectivity index (χ1v) is 12.7. The zero-order chi connectivity index (χ0) is 22.9. The maximum absolute atomic E-state index is 13.4. The second kappa shape index (κ2) is 9.17. The van der Waals surface area contributed by atoms with E-state index in [-0.39, 0.29) is 25.4 Å². The lowest BCUT2D eigenvalue weighted by atomic mass is 10.1. The molecule has 1 saturated carbocycles. The Labute approximate surface area is 195 Å². The fourth-order valence-electron chi connectivity index (χ4n) is 3.58. The topological polar surface area (TPSA) is 84.7 Å². The highest BCUT2D eigenvalue weighted by Gasteiger charge is 2.44. The van der Waals surface area contributed by atoms with Crippen LogP contribution in [-0.4, -0.2) is 67.2 Å². The van der Waals surface area contributed by atoms with Crippen LogP contribution in [0.4, 0.5) is 10.1 Å². The van der Waals surface area contributed by atoms with E-state index < -0.39 is 32.9 Å². The quantitative estimate of drug-likeness (QED) is 0.513. The van der Waals surface area contributed by atoms with Crippen molar-refractivity contribution in [2.75, 3.05) is 49.6 Å². The molecule has 174 valence electrons. The number of alkyl halides is 2. The molecule has 1 aromatic carbocycles. The lowest BCUT2D eigenvalue weighted by Crippen LogP contribution is -2.49. The second-order valence-electron chi connectivity index (χ2n) is 8.09. The Morgan fingerprint density at radius 2 is 1.91 bits per heavy atom. The summed E-state index contributed by atoms with van der Waals surface area (Å²) in [5.74, 6) is 0.0633. The van der Waals surface area contributed by atoms with Crippen LogP contribution in [0.3, 0.4) is 0 Å². The summed E-state index contributed by atoms with van der Waals surface area (Å²) in [5.41, 5.74) is -0.106. The maximum atomic E-state index is 13.4. The van der Waals surface area contributed by atoms with E-state index in [1.807, 2.05) is 4.90 Å². The molecule has 2 aromatic rings.